The van der Waals surface area contributed by atoms with Crippen LogP contribution in [0, 0.1) is 12.8 Å². The number of amides is 1. The van der Waals surface area contributed by atoms with Crippen molar-refractivity contribution >= 4 is 17.7 Å². The Morgan fingerprint density at radius 1 is 1.26 bits per heavy atom. The molecule has 2 N–H and O–H groups in total. The maximum Gasteiger partial charge on any atom is 0.230 e. The highest BCUT2D eigenvalue weighted by atomic mass is 32.2. The number of hydrogen-bond donors (Lipinski definition) is 2. The minimum Gasteiger partial charge on any atom is -0.353 e. The molecule has 1 amide bonds. The minimum atomic E-state index is 0.0508. The van der Waals surface area contributed by atoms with Crippen LogP contribution >= 0.6 is 11.8 Å². The van der Waals surface area contributed by atoms with E-state index in [2.05, 4.69) is 41.3 Å². The van der Waals surface area contributed by atoms with Gasteiger partial charge in [-0.1, -0.05) is 55.9 Å². The third kappa shape index (κ3) is 5.43. The van der Waals surface area contributed by atoms with Crippen LogP contribution in [0.4, 0.5) is 0 Å². The van der Waals surface area contributed by atoms with Gasteiger partial charge in [0, 0.05) is 18.2 Å². The zero-order valence-corrected chi connectivity index (χ0v) is 15.0. The lowest BCUT2D eigenvalue weighted by Gasteiger charge is -2.16. The standard InChI is InChI=1S/C18H25N3OS/c1-12(2)13(3)19-17(22)11-23-18-20-14(4)16(21-18)10-15-8-6-5-7-9-15/h5-9,12-13H,10-11H2,1-4H3,(H,19,22)(H,20,21). The quantitative estimate of drug-likeness (QED) is 0.763. The molecule has 0 saturated heterocycles. The summed E-state index contributed by atoms with van der Waals surface area (Å²) in [6.07, 6.45) is 0.806. The van der Waals surface area contributed by atoms with Gasteiger partial charge in [-0.25, -0.2) is 4.98 Å². The van der Waals surface area contributed by atoms with Crippen LogP contribution in [0.25, 0.3) is 0 Å². The summed E-state index contributed by atoms with van der Waals surface area (Å²) in [6.45, 7) is 8.26. The average molecular weight is 331 g/mol. The fourth-order valence-corrected chi connectivity index (χ4v) is 2.84. The number of carbonyl (C=O) groups excluding carboxylic acids is 1. The molecule has 5 heteroatoms. The topological polar surface area (TPSA) is 57.8 Å². The van der Waals surface area contributed by atoms with Gasteiger partial charge in [-0.05, 0) is 25.3 Å². The molecule has 0 aliphatic heterocycles. The molecular weight excluding hydrogens is 306 g/mol. The molecule has 1 unspecified atom stereocenters. The average Bonchev–Trinajstić information content (AvgIpc) is 2.86. The van der Waals surface area contributed by atoms with Gasteiger partial charge in [-0.3, -0.25) is 4.79 Å². The second kappa shape index (κ2) is 8.20. The predicted octanol–water partition coefficient (Wildman–Crippen LogP) is 3.56. The second-order valence-corrected chi connectivity index (χ2v) is 7.13. The third-order valence-corrected chi connectivity index (χ3v) is 4.78. The Kier molecular flexibility index (Phi) is 6.28. The molecule has 0 radical (unpaired) electrons. The van der Waals surface area contributed by atoms with E-state index in [0.29, 0.717) is 11.7 Å². The van der Waals surface area contributed by atoms with Crippen molar-refractivity contribution < 1.29 is 4.79 Å². The SMILES string of the molecule is Cc1[nH]c(SCC(=O)NC(C)C(C)C)nc1Cc1ccccc1. The number of benzene rings is 1. The van der Waals surface area contributed by atoms with Crippen LogP contribution in [-0.2, 0) is 11.2 Å². The molecule has 0 spiro atoms. The molecule has 0 fully saturated rings. The monoisotopic (exact) mass is 331 g/mol. The molecule has 1 heterocycles. The number of aryl methyl sites for hydroxylation is 1. The number of imidazole rings is 1. The van der Waals surface area contributed by atoms with Crippen LogP contribution in [0.2, 0.25) is 0 Å². The Labute approximate surface area is 142 Å². The Morgan fingerprint density at radius 3 is 2.61 bits per heavy atom. The molecule has 23 heavy (non-hydrogen) atoms. The van der Waals surface area contributed by atoms with Gasteiger partial charge in [0.15, 0.2) is 5.16 Å². The van der Waals surface area contributed by atoms with Crippen molar-refractivity contribution in [3.05, 3.63) is 47.3 Å². The first-order chi connectivity index (χ1) is 11.0. The number of H-pyrrole nitrogens is 1. The molecule has 0 bridgehead atoms. The first-order valence-electron chi connectivity index (χ1n) is 7.97. The smallest absolute Gasteiger partial charge is 0.230 e. The van der Waals surface area contributed by atoms with Crippen molar-refractivity contribution in [2.24, 2.45) is 5.92 Å². The minimum absolute atomic E-state index is 0.0508. The van der Waals surface area contributed by atoms with E-state index in [4.69, 9.17) is 0 Å². The summed E-state index contributed by atoms with van der Waals surface area (Å²) in [4.78, 5) is 19.8. The number of thioether (sulfide) groups is 1. The fourth-order valence-electron chi connectivity index (χ4n) is 2.09. The van der Waals surface area contributed by atoms with Crippen molar-refractivity contribution in [1.82, 2.24) is 15.3 Å². The molecule has 0 aliphatic carbocycles. The molecule has 1 aromatic carbocycles. The predicted molar refractivity (Wildman–Crippen MR) is 95.7 cm³/mol. The normalized spacial score (nSPS) is 12.4. The Hall–Kier alpha value is -1.75. The highest BCUT2D eigenvalue weighted by molar-refractivity contribution is 7.99. The van der Waals surface area contributed by atoms with Crippen LogP contribution in [0.15, 0.2) is 35.5 Å². The molecule has 0 saturated carbocycles. The lowest BCUT2D eigenvalue weighted by molar-refractivity contribution is -0.119. The first kappa shape index (κ1) is 17.6. The highest BCUT2D eigenvalue weighted by Crippen LogP contribution is 2.19. The van der Waals surface area contributed by atoms with Gasteiger partial charge >= 0.3 is 0 Å². The van der Waals surface area contributed by atoms with E-state index in [1.165, 1.54) is 17.3 Å². The molecule has 1 aromatic heterocycles. The summed E-state index contributed by atoms with van der Waals surface area (Å²) in [6, 6.07) is 10.5. The van der Waals surface area contributed by atoms with Crippen molar-refractivity contribution in [2.75, 3.05) is 5.75 Å². The molecule has 2 aromatic rings. The summed E-state index contributed by atoms with van der Waals surface area (Å²) in [5.74, 6) is 0.872. The third-order valence-electron chi connectivity index (χ3n) is 3.91. The molecule has 0 aliphatic rings. The van der Waals surface area contributed by atoms with Gasteiger partial charge in [-0.2, -0.15) is 0 Å². The lowest BCUT2D eigenvalue weighted by atomic mass is 10.1. The highest BCUT2D eigenvalue weighted by Gasteiger charge is 2.13. The Morgan fingerprint density at radius 2 is 1.96 bits per heavy atom. The van der Waals surface area contributed by atoms with E-state index in [-0.39, 0.29) is 11.9 Å². The number of carbonyl (C=O) groups is 1. The number of aromatic amines is 1. The van der Waals surface area contributed by atoms with Gasteiger partial charge in [0.05, 0.1) is 11.4 Å². The van der Waals surface area contributed by atoms with Crippen molar-refractivity contribution in [2.45, 2.75) is 45.3 Å². The number of nitrogens with zero attached hydrogens (tertiary/aromatic N) is 1. The summed E-state index contributed by atoms with van der Waals surface area (Å²) in [7, 11) is 0. The summed E-state index contributed by atoms with van der Waals surface area (Å²) in [5.41, 5.74) is 3.34. The molecule has 4 nitrogen and oxygen atoms in total. The maximum atomic E-state index is 11.9. The van der Waals surface area contributed by atoms with Crippen molar-refractivity contribution in [3.63, 3.8) is 0 Å². The van der Waals surface area contributed by atoms with Gasteiger partial charge in [-0.15, -0.1) is 0 Å². The van der Waals surface area contributed by atoms with Crippen molar-refractivity contribution in [1.29, 1.82) is 0 Å². The van der Waals surface area contributed by atoms with Crippen LogP contribution in [0.3, 0.4) is 0 Å². The Balaban J connectivity index is 1.90. The summed E-state index contributed by atoms with van der Waals surface area (Å²) < 4.78 is 0. The van der Waals surface area contributed by atoms with E-state index >= 15 is 0 Å². The molecule has 1 atom stereocenters. The van der Waals surface area contributed by atoms with Crippen LogP contribution in [-0.4, -0.2) is 27.7 Å². The molecular formula is C18H25N3OS. The van der Waals surface area contributed by atoms with E-state index in [0.717, 1.165) is 23.0 Å². The second-order valence-electron chi connectivity index (χ2n) is 6.16. The zero-order chi connectivity index (χ0) is 16.8. The van der Waals surface area contributed by atoms with Gasteiger partial charge < -0.3 is 10.3 Å². The first-order valence-corrected chi connectivity index (χ1v) is 8.96. The Bertz CT molecular complexity index is 637. The number of rotatable bonds is 7. The van der Waals surface area contributed by atoms with E-state index < -0.39 is 0 Å². The molecule has 2 rings (SSSR count). The number of nitrogens with one attached hydrogen (secondary N) is 2. The van der Waals surface area contributed by atoms with Crippen LogP contribution in [0.1, 0.15) is 37.7 Å². The van der Waals surface area contributed by atoms with Crippen molar-refractivity contribution in [3.8, 4) is 0 Å². The lowest BCUT2D eigenvalue weighted by Crippen LogP contribution is -2.37. The largest absolute Gasteiger partial charge is 0.353 e. The molecule has 124 valence electrons. The number of aromatic nitrogens is 2. The van der Waals surface area contributed by atoms with Gasteiger partial charge in [0.2, 0.25) is 5.91 Å². The fraction of sp³-hybridized carbons (Fsp3) is 0.444. The van der Waals surface area contributed by atoms with Crippen LogP contribution < -0.4 is 5.32 Å². The number of hydrogen-bond acceptors (Lipinski definition) is 3. The van der Waals surface area contributed by atoms with E-state index in [9.17, 15) is 4.79 Å². The summed E-state index contributed by atoms with van der Waals surface area (Å²) >= 11 is 1.45. The maximum absolute atomic E-state index is 11.9. The summed E-state index contributed by atoms with van der Waals surface area (Å²) in [5, 5.41) is 3.82. The van der Waals surface area contributed by atoms with Gasteiger partial charge in [0.1, 0.15) is 0 Å². The zero-order valence-electron chi connectivity index (χ0n) is 14.2. The van der Waals surface area contributed by atoms with E-state index in [1.54, 1.807) is 0 Å². The van der Waals surface area contributed by atoms with E-state index in [1.807, 2.05) is 32.0 Å². The van der Waals surface area contributed by atoms with Crippen LogP contribution in [0.5, 0.6) is 0 Å². The van der Waals surface area contributed by atoms with Gasteiger partial charge in [0.25, 0.3) is 0 Å².